The van der Waals surface area contributed by atoms with Crippen LogP contribution in [0.2, 0.25) is 0 Å². The largest absolute Gasteiger partial charge is 0.383 e. The Labute approximate surface area is 137 Å². The molecule has 3 nitrogen and oxygen atoms in total. The van der Waals surface area contributed by atoms with E-state index in [1.807, 2.05) is 17.5 Å². The molecule has 1 amide bonds. The molecule has 1 atom stereocenters. The highest BCUT2D eigenvalue weighted by Crippen LogP contribution is 2.24. The second kappa shape index (κ2) is 7.76. The molecule has 118 valence electrons. The lowest BCUT2D eigenvalue weighted by molar-refractivity contribution is -0.121. The van der Waals surface area contributed by atoms with Crippen LogP contribution in [-0.4, -0.2) is 23.3 Å². The number of aliphatic hydroxyl groups is 1. The predicted molar refractivity (Wildman–Crippen MR) is 88.6 cm³/mol. The maximum Gasteiger partial charge on any atom is 0.220 e. The van der Waals surface area contributed by atoms with Crippen LogP contribution in [0.3, 0.4) is 0 Å². The lowest BCUT2D eigenvalue weighted by Gasteiger charge is -2.22. The monoisotopic (exact) mass is 339 g/mol. The number of hydrogen-bond donors (Lipinski definition) is 2. The van der Waals surface area contributed by atoms with Gasteiger partial charge in [0.25, 0.3) is 0 Å². The summed E-state index contributed by atoms with van der Waals surface area (Å²) >= 11 is 2.76. The molecule has 2 rings (SSSR count). The molecule has 0 aliphatic rings. The molecule has 2 N–H and O–H groups in total. The van der Waals surface area contributed by atoms with Gasteiger partial charge in [-0.05, 0) is 30.5 Å². The average molecular weight is 339 g/mol. The molecule has 0 aliphatic heterocycles. The maximum atomic E-state index is 13.4. The van der Waals surface area contributed by atoms with Crippen LogP contribution in [0.15, 0.2) is 46.7 Å². The predicted octanol–water partition coefficient (Wildman–Crippen LogP) is 3.39. The van der Waals surface area contributed by atoms with E-state index in [2.05, 4.69) is 5.32 Å². The summed E-state index contributed by atoms with van der Waals surface area (Å²) in [5.41, 5.74) is -1.07. The number of benzene rings is 1. The van der Waals surface area contributed by atoms with Gasteiger partial charge in [0.1, 0.15) is 11.4 Å². The fourth-order valence-corrected chi connectivity index (χ4v) is 3.52. The van der Waals surface area contributed by atoms with Crippen molar-refractivity contribution in [2.75, 3.05) is 12.3 Å². The fourth-order valence-electron chi connectivity index (χ4n) is 1.85. The SMILES string of the molecule is CC(O)(CNC(=O)CCSc1ccccc1F)c1cccs1. The number of carbonyl (C=O) groups is 1. The van der Waals surface area contributed by atoms with E-state index in [9.17, 15) is 14.3 Å². The zero-order valence-corrected chi connectivity index (χ0v) is 13.8. The van der Waals surface area contributed by atoms with Crippen molar-refractivity contribution >= 4 is 29.0 Å². The van der Waals surface area contributed by atoms with E-state index in [0.29, 0.717) is 10.6 Å². The smallest absolute Gasteiger partial charge is 0.220 e. The Hall–Kier alpha value is -1.37. The van der Waals surface area contributed by atoms with Gasteiger partial charge in [-0.2, -0.15) is 0 Å². The van der Waals surface area contributed by atoms with Crippen molar-refractivity contribution in [3.8, 4) is 0 Å². The van der Waals surface area contributed by atoms with Gasteiger partial charge in [0.15, 0.2) is 0 Å². The summed E-state index contributed by atoms with van der Waals surface area (Å²) in [5.74, 6) is 0.0719. The summed E-state index contributed by atoms with van der Waals surface area (Å²) in [4.78, 5) is 13.2. The first kappa shape index (κ1) is 17.0. The average Bonchev–Trinajstić information content (AvgIpc) is 3.02. The second-order valence-corrected chi connectivity index (χ2v) is 7.14. The van der Waals surface area contributed by atoms with Crippen molar-refractivity contribution in [3.05, 3.63) is 52.5 Å². The van der Waals surface area contributed by atoms with E-state index in [0.717, 1.165) is 4.88 Å². The molecule has 1 aromatic heterocycles. The molecule has 0 fully saturated rings. The maximum absolute atomic E-state index is 13.4. The number of amides is 1. The topological polar surface area (TPSA) is 49.3 Å². The molecule has 2 aromatic rings. The zero-order chi connectivity index (χ0) is 16.0. The highest BCUT2D eigenvalue weighted by molar-refractivity contribution is 7.99. The minimum Gasteiger partial charge on any atom is -0.383 e. The summed E-state index contributed by atoms with van der Waals surface area (Å²) in [6, 6.07) is 10.2. The molecule has 0 aliphatic carbocycles. The molecule has 1 aromatic carbocycles. The summed E-state index contributed by atoms with van der Waals surface area (Å²) in [6.07, 6.45) is 0.277. The Kier molecular flexibility index (Phi) is 5.99. The minimum absolute atomic E-state index is 0.152. The summed E-state index contributed by atoms with van der Waals surface area (Å²) in [6.45, 7) is 1.84. The Bertz CT molecular complexity index is 614. The number of thioether (sulfide) groups is 1. The first-order valence-electron chi connectivity index (χ1n) is 6.89. The number of hydrogen-bond acceptors (Lipinski definition) is 4. The number of nitrogens with one attached hydrogen (secondary N) is 1. The van der Waals surface area contributed by atoms with Gasteiger partial charge in [-0.3, -0.25) is 4.79 Å². The summed E-state index contributed by atoms with van der Waals surface area (Å²) in [7, 11) is 0. The molecule has 0 bridgehead atoms. The van der Waals surface area contributed by atoms with Gasteiger partial charge in [0, 0.05) is 21.9 Å². The Morgan fingerprint density at radius 1 is 1.36 bits per heavy atom. The zero-order valence-electron chi connectivity index (χ0n) is 12.2. The van der Waals surface area contributed by atoms with E-state index >= 15 is 0 Å². The molecular weight excluding hydrogens is 321 g/mol. The quantitative estimate of drug-likeness (QED) is 0.760. The van der Waals surface area contributed by atoms with Crippen LogP contribution in [0, 0.1) is 5.82 Å². The van der Waals surface area contributed by atoms with Gasteiger partial charge >= 0.3 is 0 Å². The molecule has 0 saturated carbocycles. The third-order valence-corrected chi connectivity index (χ3v) is 5.28. The highest BCUT2D eigenvalue weighted by Gasteiger charge is 2.24. The van der Waals surface area contributed by atoms with Gasteiger partial charge in [0.2, 0.25) is 5.91 Å². The lowest BCUT2D eigenvalue weighted by atomic mass is 10.1. The van der Waals surface area contributed by atoms with Crippen LogP contribution in [-0.2, 0) is 10.4 Å². The van der Waals surface area contributed by atoms with Crippen molar-refractivity contribution in [2.45, 2.75) is 23.8 Å². The Balaban J connectivity index is 1.73. The van der Waals surface area contributed by atoms with Crippen LogP contribution in [0.4, 0.5) is 4.39 Å². The van der Waals surface area contributed by atoms with Gasteiger partial charge in [-0.25, -0.2) is 4.39 Å². The molecular formula is C16H18FNO2S2. The van der Waals surface area contributed by atoms with Gasteiger partial charge in [-0.1, -0.05) is 18.2 Å². The van der Waals surface area contributed by atoms with Gasteiger partial charge in [-0.15, -0.1) is 23.1 Å². The standard InChI is InChI=1S/C16H18FNO2S2/c1-16(20,14-7-4-9-22-14)11-18-15(19)8-10-21-13-6-3-2-5-12(13)17/h2-7,9,20H,8,10-11H2,1H3,(H,18,19). The van der Waals surface area contributed by atoms with Crippen LogP contribution in [0.25, 0.3) is 0 Å². The first-order valence-corrected chi connectivity index (χ1v) is 8.76. The molecule has 0 radical (unpaired) electrons. The van der Waals surface area contributed by atoms with E-state index in [1.165, 1.54) is 29.2 Å². The van der Waals surface area contributed by atoms with E-state index in [1.54, 1.807) is 25.1 Å². The van der Waals surface area contributed by atoms with Crippen molar-refractivity contribution in [1.29, 1.82) is 0 Å². The molecule has 22 heavy (non-hydrogen) atoms. The van der Waals surface area contributed by atoms with Crippen molar-refractivity contribution in [1.82, 2.24) is 5.32 Å². The number of halogens is 1. The number of rotatable bonds is 7. The van der Waals surface area contributed by atoms with Gasteiger partial charge < -0.3 is 10.4 Å². The number of thiophene rings is 1. The third kappa shape index (κ3) is 4.83. The van der Waals surface area contributed by atoms with Crippen LogP contribution in [0.5, 0.6) is 0 Å². The molecule has 1 unspecified atom stereocenters. The Morgan fingerprint density at radius 2 is 2.14 bits per heavy atom. The Morgan fingerprint density at radius 3 is 2.82 bits per heavy atom. The van der Waals surface area contributed by atoms with Crippen molar-refractivity contribution in [3.63, 3.8) is 0 Å². The summed E-state index contributed by atoms with van der Waals surface area (Å²) < 4.78 is 13.4. The normalized spacial score (nSPS) is 13.6. The molecule has 6 heteroatoms. The van der Waals surface area contributed by atoms with Crippen molar-refractivity contribution < 1.29 is 14.3 Å². The minimum atomic E-state index is -1.07. The summed E-state index contributed by atoms with van der Waals surface area (Å²) in [5, 5.41) is 14.9. The van der Waals surface area contributed by atoms with Crippen molar-refractivity contribution in [2.24, 2.45) is 0 Å². The van der Waals surface area contributed by atoms with Gasteiger partial charge in [0.05, 0.1) is 6.54 Å². The lowest BCUT2D eigenvalue weighted by Crippen LogP contribution is -2.38. The van der Waals surface area contributed by atoms with Crippen LogP contribution < -0.4 is 5.32 Å². The van der Waals surface area contributed by atoms with E-state index in [-0.39, 0.29) is 24.7 Å². The van der Waals surface area contributed by atoms with Crippen LogP contribution in [0.1, 0.15) is 18.2 Å². The van der Waals surface area contributed by atoms with Crippen LogP contribution >= 0.6 is 23.1 Å². The molecule has 0 saturated heterocycles. The fraction of sp³-hybridized carbons (Fsp3) is 0.312. The third-order valence-electron chi connectivity index (χ3n) is 3.11. The highest BCUT2D eigenvalue weighted by atomic mass is 32.2. The second-order valence-electron chi connectivity index (χ2n) is 5.06. The van der Waals surface area contributed by atoms with E-state index < -0.39 is 5.60 Å². The first-order chi connectivity index (χ1) is 10.5. The molecule has 0 spiro atoms. The molecule has 1 heterocycles. The van der Waals surface area contributed by atoms with E-state index in [4.69, 9.17) is 0 Å². The number of carbonyl (C=O) groups excluding carboxylic acids is 1.